The van der Waals surface area contributed by atoms with Gasteiger partial charge in [0.2, 0.25) is 5.92 Å². The molecule has 5 heteroatoms. The van der Waals surface area contributed by atoms with E-state index in [0.29, 0.717) is 6.42 Å². The van der Waals surface area contributed by atoms with Crippen molar-refractivity contribution in [1.82, 2.24) is 0 Å². The molecule has 0 fully saturated rings. The van der Waals surface area contributed by atoms with Gasteiger partial charge in [0.05, 0.1) is 19.3 Å². The van der Waals surface area contributed by atoms with Gasteiger partial charge in [-0.2, -0.15) is 5.26 Å². The van der Waals surface area contributed by atoms with Gasteiger partial charge in [-0.3, -0.25) is 9.59 Å². The minimum Gasteiger partial charge on any atom is -0.494 e. The summed E-state index contributed by atoms with van der Waals surface area (Å²) < 4.78 is 10.9. The molecule has 1 atom stereocenters. The van der Waals surface area contributed by atoms with E-state index in [0.717, 1.165) is 24.3 Å². The van der Waals surface area contributed by atoms with Crippen LogP contribution in [0.15, 0.2) is 24.3 Å². The van der Waals surface area contributed by atoms with Gasteiger partial charge in [0.25, 0.3) is 0 Å². The van der Waals surface area contributed by atoms with Gasteiger partial charge in [0.1, 0.15) is 5.75 Å². The second kappa shape index (κ2) is 21.9. The lowest BCUT2D eigenvalue weighted by atomic mass is 10.0. The van der Waals surface area contributed by atoms with Crippen LogP contribution in [0.25, 0.3) is 0 Å². The van der Waals surface area contributed by atoms with E-state index in [1.807, 2.05) is 24.3 Å². The summed E-state index contributed by atoms with van der Waals surface area (Å²) in [7, 11) is 0. The molecule has 1 aromatic carbocycles. The van der Waals surface area contributed by atoms with Crippen molar-refractivity contribution in [1.29, 1.82) is 5.26 Å². The predicted octanol–water partition coefficient (Wildman–Crippen LogP) is 8.14. The first-order valence-electron chi connectivity index (χ1n) is 14.4. The molecule has 0 aromatic heterocycles. The third-order valence-corrected chi connectivity index (χ3v) is 6.60. The minimum absolute atomic E-state index is 0.143. The number of rotatable bonds is 23. The predicted molar refractivity (Wildman–Crippen MR) is 146 cm³/mol. The van der Waals surface area contributed by atoms with E-state index >= 15 is 0 Å². The Labute approximate surface area is 219 Å². The average Bonchev–Trinajstić information content (AvgIpc) is 2.87. The normalized spacial score (nSPS) is 11.6. The maximum atomic E-state index is 11.7. The molecule has 0 amide bonds. The molecule has 202 valence electrons. The Morgan fingerprint density at radius 3 is 1.67 bits per heavy atom. The average molecular weight is 500 g/mol. The molecule has 0 saturated heterocycles. The summed E-state index contributed by atoms with van der Waals surface area (Å²) in [5.41, 5.74) is 1.01. The fourth-order valence-electron chi connectivity index (χ4n) is 4.25. The van der Waals surface area contributed by atoms with Crippen LogP contribution in [-0.4, -0.2) is 25.0 Å². The number of hydrogen-bond donors (Lipinski definition) is 0. The second-order valence-electron chi connectivity index (χ2n) is 9.89. The molecule has 1 aromatic rings. The number of hydrogen-bond acceptors (Lipinski definition) is 5. The lowest BCUT2D eigenvalue weighted by Crippen LogP contribution is -2.23. The summed E-state index contributed by atoms with van der Waals surface area (Å²) in [6.45, 7) is 4.37. The third-order valence-electron chi connectivity index (χ3n) is 6.60. The van der Waals surface area contributed by atoms with Gasteiger partial charge in [-0.25, -0.2) is 0 Å². The van der Waals surface area contributed by atoms with Crippen molar-refractivity contribution in [3.8, 4) is 11.8 Å². The summed E-state index contributed by atoms with van der Waals surface area (Å²) >= 11 is 0. The minimum atomic E-state index is -1.33. The Hall–Kier alpha value is -2.35. The van der Waals surface area contributed by atoms with Gasteiger partial charge in [-0.15, -0.1) is 0 Å². The maximum Gasteiger partial charge on any atom is 0.331 e. The largest absolute Gasteiger partial charge is 0.494 e. The van der Waals surface area contributed by atoms with E-state index in [2.05, 4.69) is 6.92 Å². The number of nitriles is 1. The van der Waals surface area contributed by atoms with Crippen molar-refractivity contribution >= 4 is 11.8 Å². The summed E-state index contributed by atoms with van der Waals surface area (Å²) in [4.78, 5) is 22.9. The molecule has 0 saturated carbocycles. The van der Waals surface area contributed by atoms with E-state index in [1.165, 1.54) is 103 Å². The van der Waals surface area contributed by atoms with E-state index in [4.69, 9.17) is 14.7 Å². The summed E-state index contributed by atoms with van der Waals surface area (Å²) in [5.74, 6) is -1.75. The highest BCUT2D eigenvalue weighted by Crippen LogP contribution is 2.16. The smallest absolute Gasteiger partial charge is 0.331 e. The quantitative estimate of drug-likeness (QED) is 0.0862. The molecule has 5 nitrogen and oxygen atoms in total. The molecule has 0 spiro atoms. The Morgan fingerprint density at radius 1 is 0.750 bits per heavy atom. The number of esters is 1. The van der Waals surface area contributed by atoms with Crippen LogP contribution in [0.3, 0.4) is 0 Å². The summed E-state index contributed by atoms with van der Waals surface area (Å²) in [6, 6.07) is 9.42. The molecule has 0 aliphatic carbocycles. The highest BCUT2D eigenvalue weighted by Gasteiger charge is 2.24. The van der Waals surface area contributed by atoms with Crippen molar-refractivity contribution in [3.05, 3.63) is 29.8 Å². The third kappa shape index (κ3) is 16.3. The van der Waals surface area contributed by atoms with Crippen LogP contribution in [0.4, 0.5) is 0 Å². The number of Topliss-reactive ketones (excluding diaryl/α,β-unsaturated/α-hetero) is 1. The lowest BCUT2D eigenvalue weighted by molar-refractivity contribution is -0.149. The molecule has 0 aliphatic rings. The Bertz CT molecular complexity index is 738. The zero-order valence-corrected chi connectivity index (χ0v) is 22.9. The Kier molecular flexibility index (Phi) is 19.3. The van der Waals surface area contributed by atoms with E-state index in [9.17, 15) is 9.59 Å². The van der Waals surface area contributed by atoms with Crippen LogP contribution in [0.5, 0.6) is 5.75 Å². The van der Waals surface area contributed by atoms with Gasteiger partial charge >= 0.3 is 5.97 Å². The number of nitrogens with zero attached hydrogens (tertiary/aromatic N) is 1. The molecular weight excluding hydrogens is 450 g/mol. The van der Waals surface area contributed by atoms with Gasteiger partial charge in [0.15, 0.2) is 5.78 Å². The van der Waals surface area contributed by atoms with Crippen molar-refractivity contribution < 1.29 is 19.1 Å². The molecule has 0 radical (unpaired) electrons. The van der Waals surface area contributed by atoms with Gasteiger partial charge in [-0.05, 0) is 31.0 Å². The van der Waals surface area contributed by atoms with Crippen LogP contribution in [-0.2, 0) is 20.7 Å². The number of carbonyl (C=O) groups excluding carboxylic acids is 2. The van der Waals surface area contributed by atoms with Crippen LogP contribution in [0.1, 0.15) is 122 Å². The number of carbonyl (C=O) groups is 2. The fourth-order valence-corrected chi connectivity index (χ4v) is 4.25. The van der Waals surface area contributed by atoms with Crippen molar-refractivity contribution in [2.24, 2.45) is 5.92 Å². The molecule has 0 aliphatic heterocycles. The van der Waals surface area contributed by atoms with E-state index in [1.54, 1.807) is 6.07 Å². The fraction of sp³-hybridized carbons (Fsp3) is 0.710. The van der Waals surface area contributed by atoms with Gasteiger partial charge < -0.3 is 9.47 Å². The van der Waals surface area contributed by atoms with Crippen LogP contribution < -0.4 is 4.74 Å². The molecule has 0 heterocycles. The standard InChI is InChI=1S/C31H49NO4/c1-3-4-5-6-7-8-9-10-11-12-13-14-15-16-17-18-24-35-29-21-19-28(20-22-29)23-25-36-31(34)30(26-32)27(2)33/h19-22,30H,3-18,23-25H2,1-2H3. The molecule has 1 rings (SSSR count). The zero-order chi connectivity index (χ0) is 26.3. The SMILES string of the molecule is CCCCCCCCCCCCCCCCCCOc1ccc(CCOC(=O)C(C#N)C(C)=O)cc1. The summed E-state index contributed by atoms with van der Waals surface area (Å²) in [6.07, 6.45) is 22.3. The second-order valence-corrected chi connectivity index (χ2v) is 9.89. The van der Waals surface area contributed by atoms with Gasteiger partial charge in [0, 0.05) is 6.42 Å². The molecular formula is C31H49NO4. The monoisotopic (exact) mass is 499 g/mol. The van der Waals surface area contributed by atoms with Crippen molar-refractivity contribution in [3.63, 3.8) is 0 Å². The highest BCUT2D eigenvalue weighted by molar-refractivity contribution is 6.00. The first-order chi connectivity index (χ1) is 17.6. The number of unbranched alkanes of at least 4 members (excludes halogenated alkanes) is 15. The maximum absolute atomic E-state index is 11.7. The Morgan fingerprint density at radius 2 is 1.22 bits per heavy atom. The van der Waals surface area contributed by atoms with E-state index in [-0.39, 0.29) is 6.61 Å². The molecule has 36 heavy (non-hydrogen) atoms. The summed E-state index contributed by atoms with van der Waals surface area (Å²) in [5, 5.41) is 8.84. The number of ether oxygens (including phenoxy) is 2. The van der Waals surface area contributed by atoms with E-state index < -0.39 is 17.7 Å². The van der Waals surface area contributed by atoms with Crippen molar-refractivity contribution in [2.45, 2.75) is 123 Å². The first kappa shape index (κ1) is 31.7. The van der Waals surface area contributed by atoms with Crippen molar-refractivity contribution in [2.75, 3.05) is 13.2 Å². The first-order valence-corrected chi connectivity index (χ1v) is 14.4. The number of ketones is 1. The highest BCUT2D eigenvalue weighted by atomic mass is 16.5. The molecule has 1 unspecified atom stereocenters. The topological polar surface area (TPSA) is 76.4 Å². The molecule has 0 bridgehead atoms. The van der Waals surface area contributed by atoms with Crippen LogP contribution >= 0.6 is 0 Å². The van der Waals surface area contributed by atoms with Gasteiger partial charge in [-0.1, -0.05) is 115 Å². The Balaban J connectivity index is 1.94. The lowest BCUT2D eigenvalue weighted by Gasteiger charge is -2.09. The molecule has 0 N–H and O–H groups in total. The van der Waals surface area contributed by atoms with Crippen LogP contribution in [0.2, 0.25) is 0 Å². The number of benzene rings is 1. The van der Waals surface area contributed by atoms with Crippen LogP contribution in [0, 0.1) is 17.2 Å². The zero-order valence-electron chi connectivity index (χ0n) is 22.9.